The van der Waals surface area contributed by atoms with E-state index in [9.17, 15) is 19.5 Å². The second kappa shape index (κ2) is 15.5. The summed E-state index contributed by atoms with van der Waals surface area (Å²) in [4.78, 5) is 48.1. The van der Waals surface area contributed by atoms with Crippen LogP contribution in [0.3, 0.4) is 0 Å². The van der Waals surface area contributed by atoms with E-state index in [4.69, 9.17) is 0 Å². The Morgan fingerprint density at radius 3 is 1.94 bits per heavy atom. The molecule has 48 heavy (non-hydrogen) atoms. The topological polar surface area (TPSA) is 93.2 Å². The number of carbonyl (C=O) groups excluding carboxylic acids is 3. The molecule has 3 amide bonds. The first kappa shape index (κ1) is 33.9. The van der Waals surface area contributed by atoms with Gasteiger partial charge in [0.15, 0.2) is 0 Å². The van der Waals surface area contributed by atoms with Crippen molar-refractivity contribution >= 4 is 17.7 Å². The molecular weight excluding hydrogens is 600 g/mol. The lowest BCUT2D eigenvalue weighted by Crippen LogP contribution is -2.54. The number of nitrogens with zero attached hydrogens (tertiary/aromatic N) is 3. The Bertz CT molecular complexity index is 1420. The molecule has 3 aliphatic heterocycles. The SMILES string of the molecule is CCCN1CCCC(CNC(=O)C2CCCN2C(=O)C2CC(O)CN2C(=O)CC(c2ccccc2)(c2ccccc2)c2ccccc2)C1. The van der Waals surface area contributed by atoms with Crippen molar-refractivity contribution in [3.05, 3.63) is 108 Å². The van der Waals surface area contributed by atoms with E-state index >= 15 is 0 Å². The molecule has 2 N–H and O–H groups in total. The first-order valence-electron chi connectivity index (χ1n) is 17.9. The van der Waals surface area contributed by atoms with Gasteiger partial charge in [-0.15, -0.1) is 0 Å². The molecule has 0 spiro atoms. The minimum absolute atomic E-state index is 0.0852. The fourth-order valence-electron chi connectivity index (χ4n) is 8.32. The molecule has 0 bridgehead atoms. The fraction of sp³-hybridized carbons (Fsp3) is 0.475. The van der Waals surface area contributed by atoms with Crippen LogP contribution in [0.4, 0.5) is 0 Å². The smallest absolute Gasteiger partial charge is 0.246 e. The lowest BCUT2D eigenvalue weighted by Gasteiger charge is -2.38. The molecule has 0 saturated carbocycles. The van der Waals surface area contributed by atoms with Gasteiger partial charge in [-0.2, -0.15) is 0 Å². The van der Waals surface area contributed by atoms with E-state index in [0.29, 0.717) is 25.4 Å². The molecule has 3 aromatic carbocycles. The Balaban J connectivity index is 1.22. The second-order valence-corrected chi connectivity index (χ2v) is 13.9. The highest BCUT2D eigenvalue weighted by atomic mass is 16.3. The van der Waals surface area contributed by atoms with Crippen LogP contribution in [0, 0.1) is 5.92 Å². The number of amides is 3. The van der Waals surface area contributed by atoms with Crippen molar-refractivity contribution in [2.24, 2.45) is 5.92 Å². The van der Waals surface area contributed by atoms with Gasteiger partial charge in [-0.1, -0.05) is 97.9 Å². The molecule has 0 aromatic heterocycles. The first-order valence-corrected chi connectivity index (χ1v) is 17.9. The number of benzene rings is 3. The maximum atomic E-state index is 14.6. The lowest BCUT2D eigenvalue weighted by molar-refractivity contribution is -0.146. The Labute approximate surface area is 285 Å². The van der Waals surface area contributed by atoms with Gasteiger partial charge in [-0.05, 0) is 67.8 Å². The van der Waals surface area contributed by atoms with Crippen LogP contribution in [-0.4, -0.2) is 95.0 Å². The van der Waals surface area contributed by atoms with Crippen molar-refractivity contribution in [1.82, 2.24) is 20.0 Å². The lowest BCUT2D eigenvalue weighted by atomic mass is 9.67. The molecule has 0 radical (unpaired) electrons. The van der Waals surface area contributed by atoms with Gasteiger partial charge in [0, 0.05) is 39.0 Å². The highest BCUT2D eigenvalue weighted by Crippen LogP contribution is 2.43. The molecule has 3 saturated heterocycles. The van der Waals surface area contributed by atoms with Gasteiger partial charge < -0.3 is 25.1 Å². The summed E-state index contributed by atoms with van der Waals surface area (Å²) >= 11 is 0. The number of aliphatic hydroxyl groups is 1. The van der Waals surface area contributed by atoms with Crippen molar-refractivity contribution < 1.29 is 19.5 Å². The molecular formula is C40H50N4O4. The molecule has 4 atom stereocenters. The monoisotopic (exact) mass is 650 g/mol. The van der Waals surface area contributed by atoms with Crippen molar-refractivity contribution in [1.29, 1.82) is 0 Å². The normalized spacial score (nSPS) is 23.3. The van der Waals surface area contributed by atoms with E-state index in [1.54, 1.807) is 9.80 Å². The van der Waals surface area contributed by atoms with Crippen LogP contribution in [0.25, 0.3) is 0 Å². The number of rotatable bonds is 11. The van der Waals surface area contributed by atoms with Gasteiger partial charge >= 0.3 is 0 Å². The van der Waals surface area contributed by atoms with E-state index in [0.717, 1.165) is 62.0 Å². The molecule has 6 rings (SSSR count). The molecule has 4 unspecified atom stereocenters. The van der Waals surface area contributed by atoms with Crippen molar-refractivity contribution in [2.75, 3.05) is 39.3 Å². The third-order valence-corrected chi connectivity index (χ3v) is 10.6. The maximum Gasteiger partial charge on any atom is 0.246 e. The van der Waals surface area contributed by atoms with Crippen LogP contribution in [-0.2, 0) is 19.8 Å². The number of hydrogen-bond acceptors (Lipinski definition) is 5. The number of hydrogen-bond donors (Lipinski definition) is 2. The van der Waals surface area contributed by atoms with Gasteiger partial charge in [0.05, 0.1) is 11.5 Å². The van der Waals surface area contributed by atoms with E-state index in [1.165, 1.54) is 0 Å². The Hall–Kier alpha value is -4.01. The quantitative estimate of drug-likeness (QED) is 0.296. The van der Waals surface area contributed by atoms with Gasteiger partial charge in [-0.25, -0.2) is 0 Å². The second-order valence-electron chi connectivity index (χ2n) is 13.9. The Morgan fingerprint density at radius 2 is 1.35 bits per heavy atom. The highest BCUT2D eigenvalue weighted by molar-refractivity contribution is 5.93. The number of likely N-dealkylation sites (tertiary alicyclic amines) is 3. The molecule has 8 nitrogen and oxygen atoms in total. The zero-order valence-corrected chi connectivity index (χ0v) is 28.2. The zero-order chi connectivity index (χ0) is 33.5. The molecule has 3 aliphatic rings. The van der Waals surface area contributed by atoms with Gasteiger partial charge in [0.1, 0.15) is 12.1 Å². The Morgan fingerprint density at radius 1 is 0.771 bits per heavy atom. The standard InChI is InChI=1S/C40H50N4O4/c1-2-22-42-23-12-14-30(28-42)27-41-38(47)35-21-13-24-43(35)39(48)36-25-34(45)29-44(36)37(46)26-40(31-15-6-3-7-16-31,32-17-8-4-9-18-32)33-19-10-5-11-20-33/h3-11,15-20,30,34-36,45H,2,12-14,21-29H2,1H3,(H,41,47). The summed E-state index contributed by atoms with van der Waals surface area (Å²) in [6.45, 7) is 6.57. The maximum absolute atomic E-state index is 14.6. The van der Waals surface area contributed by atoms with Crippen LogP contribution < -0.4 is 5.32 Å². The molecule has 3 heterocycles. The Kier molecular flexibility index (Phi) is 10.9. The predicted octanol–water partition coefficient (Wildman–Crippen LogP) is 4.60. The molecule has 254 valence electrons. The van der Waals surface area contributed by atoms with E-state index in [-0.39, 0.29) is 37.1 Å². The summed E-state index contributed by atoms with van der Waals surface area (Å²) in [6.07, 6.45) is 4.15. The van der Waals surface area contributed by atoms with E-state index in [1.807, 2.05) is 54.6 Å². The molecule has 3 aromatic rings. The van der Waals surface area contributed by atoms with E-state index < -0.39 is 23.6 Å². The number of nitrogens with one attached hydrogen (secondary N) is 1. The zero-order valence-electron chi connectivity index (χ0n) is 28.2. The van der Waals surface area contributed by atoms with Crippen molar-refractivity contribution in [3.63, 3.8) is 0 Å². The number of piperidine rings is 1. The number of carbonyl (C=O) groups is 3. The predicted molar refractivity (Wildman–Crippen MR) is 187 cm³/mol. The first-order chi connectivity index (χ1) is 23.4. The average molecular weight is 651 g/mol. The van der Waals surface area contributed by atoms with Crippen LogP contribution in [0.2, 0.25) is 0 Å². The van der Waals surface area contributed by atoms with Crippen LogP contribution in [0.15, 0.2) is 91.0 Å². The number of β-amino-alcohol motifs (C(OH)–C–C–N with tert-alkyl or cyclic N) is 1. The minimum atomic E-state index is -0.818. The van der Waals surface area contributed by atoms with Crippen LogP contribution in [0.5, 0.6) is 0 Å². The summed E-state index contributed by atoms with van der Waals surface area (Å²) in [5, 5.41) is 14.0. The summed E-state index contributed by atoms with van der Waals surface area (Å²) in [6, 6.07) is 28.8. The van der Waals surface area contributed by atoms with Crippen molar-refractivity contribution in [2.45, 2.75) is 75.5 Å². The summed E-state index contributed by atoms with van der Waals surface area (Å²) < 4.78 is 0. The van der Waals surface area contributed by atoms with Gasteiger partial charge in [0.25, 0.3) is 0 Å². The average Bonchev–Trinajstić information content (AvgIpc) is 3.78. The van der Waals surface area contributed by atoms with Crippen LogP contribution >= 0.6 is 0 Å². The molecule has 3 fully saturated rings. The third kappa shape index (κ3) is 7.20. The van der Waals surface area contributed by atoms with Gasteiger partial charge in [0.2, 0.25) is 17.7 Å². The highest BCUT2D eigenvalue weighted by Gasteiger charge is 2.47. The summed E-state index contributed by atoms with van der Waals surface area (Å²) in [5.74, 6) is -0.136. The summed E-state index contributed by atoms with van der Waals surface area (Å²) in [7, 11) is 0. The minimum Gasteiger partial charge on any atom is -0.391 e. The van der Waals surface area contributed by atoms with Crippen molar-refractivity contribution in [3.8, 4) is 0 Å². The molecule has 8 heteroatoms. The largest absolute Gasteiger partial charge is 0.391 e. The third-order valence-electron chi connectivity index (χ3n) is 10.6. The molecule has 0 aliphatic carbocycles. The number of aliphatic hydroxyl groups excluding tert-OH is 1. The fourth-order valence-corrected chi connectivity index (χ4v) is 8.32. The van der Waals surface area contributed by atoms with E-state index in [2.05, 4.69) is 53.5 Å². The summed E-state index contributed by atoms with van der Waals surface area (Å²) in [5.41, 5.74) is 2.12. The van der Waals surface area contributed by atoms with Gasteiger partial charge in [-0.3, -0.25) is 14.4 Å². The van der Waals surface area contributed by atoms with Crippen LogP contribution in [0.1, 0.15) is 68.6 Å².